The molecule has 0 bridgehead atoms. The van der Waals surface area contributed by atoms with Gasteiger partial charge in [0, 0.05) is 38.4 Å². The average Bonchev–Trinajstić information content (AvgIpc) is 3.27. The zero-order valence-electron chi connectivity index (χ0n) is 20.8. The summed E-state index contributed by atoms with van der Waals surface area (Å²) in [5.74, 6) is 0. The molecule has 0 aliphatic heterocycles. The third kappa shape index (κ3) is 9.36. The molecule has 0 fully saturated rings. The molecule has 3 aromatic rings. The molecule has 0 saturated heterocycles. The van der Waals surface area contributed by atoms with E-state index in [0.29, 0.717) is 0 Å². The lowest BCUT2D eigenvalue weighted by molar-refractivity contribution is 0.572. The number of rotatable bonds is 0. The second-order valence-electron chi connectivity index (χ2n) is 10.5. The fraction of sp³-hybridized carbons (Fsp3) is 0.625. The second kappa shape index (κ2) is 10.5. The highest BCUT2D eigenvalue weighted by atomic mass is 32.1. The van der Waals surface area contributed by atoms with E-state index in [0.717, 1.165) is 10.0 Å². The number of aryl methyl sites for hydroxylation is 3. The van der Waals surface area contributed by atoms with Gasteiger partial charge in [0.1, 0.15) is 0 Å². The van der Waals surface area contributed by atoms with Gasteiger partial charge in [-0.1, -0.05) is 62.3 Å². The van der Waals surface area contributed by atoms with Gasteiger partial charge in [0.25, 0.3) is 0 Å². The molecule has 6 heteroatoms. The van der Waals surface area contributed by atoms with E-state index in [9.17, 15) is 0 Å². The largest absolute Gasteiger partial charge is 0.250 e. The van der Waals surface area contributed by atoms with Crippen LogP contribution in [0.4, 0.5) is 0 Å². The number of hydrogen-bond donors (Lipinski definition) is 0. The number of thiazole rings is 3. The van der Waals surface area contributed by atoms with Crippen molar-refractivity contribution in [3.8, 4) is 0 Å². The topological polar surface area (TPSA) is 38.7 Å². The predicted octanol–water partition coefficient (Wildman–Crippen LogP) is 8.25. The zero-order valence-corrected chi connectivity index (χ0v) is 23.2. The fourth-order valence-corrected chi connectivity index (χ4v) is 4.61. The van der Waals surface area contributed by atoms with E-state index in [1.54, 1.807) is 34.0 Å². The van der Waals surface area contributed by atoms with Gasteiger partial charge in [-0.15, -0.1) is 34.0 Å². The summed E-state index contributed by atoms with van der Waals surface area (Å²) in [6.07, 6.45) is 3.91. The molecule has 0 radical (unpaired) electrons. The van der Waals surface area contributed by atoms with Crippen molar-refractivity contribution < 1.29 is 0 Å². The van der Waals surface area contributed by atoms with Gasteiger partial charge in [-0.2, -0.15) is 0 Å². The minimum atomic E-state index is 0.213. The van der Waals surface area contributed by atoms with Crippen LogP contribution < -0.4 is 0 Å². The lowest BCUT2D eigenvalue weighted by Crippen LogP contribution is -2.11. The third-order valence-electron chi connectivity index (χ3n) is 4.01. The number of hydrogen-bond acceptors (Lipinski definition) is 6. The summed E-state index contributed by atoms with van der Waals surface area (Å²) in [4.78, 5) is 15.6. The SMILES string of the molecule is Cc1cnc(C(C)(C)C)s1.Cc1nc(C(C)(C)C)cs1.Cc1ncc(C(C)(C)C)s1. The van der Waals surface area contributed by atoms with Crippen molar-refractivity contribution in [3.63, 3.8) is 0 Å². The summed E-state index contributed by atoms with van der Waals surface area (Å²) in [6, 6.07) is 0. The van der Waals surface area contributed by atoms with Gasteiger partial charge in [0.15, 0.2) is 0 Å². The average molecular weight is 466 g/mol. The Balaban J connectivity index is 0.000000225. The Morgan fingerprint density at radius 2 is 1.27 bits per heavy atom. The maximum absolute atomic E-state index is 4.40. The monoisotopic (exact) mass is 465 g/mol. The highest BCUT2D eigenvalue weighted by molar-refractivity contribution is 7.12. The standard InChI is InChI=1S/3C8H13NS/c1-6-9-7(5-10-6)8(2,3)4;1-6-9-5-7(10-6)8(2,3)4;1-6-5-9-7(10-6)8(2,3)4/h3*5H,1-4H3. The molecule has 0 aliphatic rings. The van der Waals surface area contributed by atoms with Crippen molar-refractivity contribution in [2.75, 3.05) is 0 Å². The summed E-state index contributed by atoms with van der Waals surface area (Å²) in [5.41, 5.74) is 1.91. The molecular weight excluding hydrogens is 426 g/mol. The van der Waals surface area contributed by atoms with Crippen LogP contribution in [-0.4, -0.2) is 15.0 Å². The minimum absolute atomic E-state index is 0.213. The van der Waals surface area contributed by atoms with Crippen LogP contribution in [0.2, 0.25) is 0 Å². The fourth-order valence-electron chi connectivity index (χ4n) is 2.12. The van der Waals surface area contributed by atoms with E-state index in [2.05, 4.69) is 89.6 Å². The zero-order chi connectivity index (χ0) is 23.3. The van der Waals surface area contributed by atoms with Gasteiger partial charge in [-0.25, -0.2) is 15.0 Å². The molecule has 0 unspecified atom stereocenters. The Labute approximate surface area is 196 Å². The normalized spacial score (nSPS) is 12.0. The van der Waals surface area contributed by atoms with E-state index in [1.807, 2.05) is 26.2 Å². The van der Waals surface area contributed by atoms with Gasteiger partial charge < -0.3 is 0 Å². The van der Waals surface area contributed by atoms with Crippen molar-refractivity contribution >= 4 is 34.0 Å². The minimum Gasteiger partial charge on any atom is -0.250 e. The molecule has 3 heterocycles. The second-order valence-corrected chi connectivity index (χ2v) is 14.1. The molecular formula is C24H39N3S3. The summed E-state index contributed by atoms with van der Waals surface area (Å²) < 4.78 is 0. The lowest BCUT2D eigenvalue weighted by Gasteiger charge is -2.14. The first-order valence-electron chi connectivity index (χ1n) is 10.3. The first-order chi connectivity index (χ1) is 13.5. The summed E-state index contributed by atoms with van der Waals surface area (Å²) in [7, 11) is 0. The van der Waals surface area contributed by atoms with Crippen molar-refractivity contribution in [2.45, 2.75) is 99.3 Å². The Bertz CT molecular complexity index is 778. The lowest BCUT2D eigenvalue weighted by atomic mass is 9.93. The van der Waals surface area contributed by atoms with Crippen LogP contribution in [0.3, 0.4) is 0 Å². The van der Waals surface area contributed by atoms with E-state index in [-0.39, 0.29) is 16.2 Å². The van der Waals surface area contributed by atoms with E-state index in [1.165, 1.54) is 20.5 Å². The van der Waals surface area contributed by atoms with Crippen LogP contribution in [-0.2, 0) is 16.2 Å². The van der Waals surface area contributed by atoms with Crippen molar-refractivity contribution in [3.05, 3.63) is 48.2 Å². The number of aromatic nitrogens is 3. The Hall–Kier alpha value is -1.11. The molecule has 3 aromatic heterocycles. The smallest absolute Gasteiger partial charge is 0.0981 e. The van der Waals surface area contributed by atoms with Crippen LogP contribution in [0.1, 0.15) is 92.8 Å². The van der Waals surface area contributed by atoms with Crippen molar-refractivity contribution in [1.82, 2.24) is 15.0 Å². The molecule has 30 heavy (non-hydrogen) atoms. The van der Waals surface area contributed by atoms with Crippen molar-refractivity contribution in [2.24, 2.45) is 0 Å². The molecule has 3 nitrogen and oxygen atoms in total. The maximum atomic E-state index is 4.40. The summed E-state index contributed by atoms with van der Waals surface area (Å²) in [5, 5.41) is 5.68. The molecule has 3 rings (SSSR count). The van der Waals surface area contributed by atoms with E-state index >= 15 is 0 Å². The molecule has 0 N–H and O–H groups in total. The molecule has 168 valence electrons. The number of nitrogens with zero attached hydrogens (tertiary/aromatic N) is 3. The molecule has 0 amide bonds. The van der Waals surface area contributed by atoms with E-state index < -0.39 is 0 Å². The van der Waals surface area contributed by atoms with Crippen LogP contribution in [0.5, 0.6) is 0 Å². The first kappa shape index (κ1) is 26.9. The predicted molar refractivity (Wildman–Crippen MR) is 137 cm³/mol. The van der Waals surface area contributed by atoms with Gasteiger partial charge >= 0.3 is 0 Å². The molecule has 0 aliphatic carbocycles. The molecule has 0 atom stereocenters. The van der Waals surface area contributed by atoms with Gasteiger partial charge in [0.05, 0.1) is 20.7 Å². The van der Waals surface area contributed by atoms with Crippen molar-refractivity contribution in [1.29, 1.82) is 0 Å². The Kier molecular flexibility index (Phi) is 9.40. The first-order valence-corrected chi connectivity index (χ1v) is 12.8. The third-order valence-corrected chi connectivity index (χ3v) is 7.46. The van der Waals surface area contributed by atoms with Crippen LogP contribution in [0.15, 0.2) is 17.8 Å². The maximum Gasteiger partial charge on any atom is 0.0981 e. The molecule has 0 aromatic carbocycles. The highest BCUT2D eigenvalue weighted by Gasteiger charge is 2.17. The molecule has 0 saturated carbocycles. The van der Waals surface area contributed by atoms with Crippen LogP contribution >= 0.6 is 34.0 Å². The van der Waals surface area contributed by atoms with Crippen LogP contribution in [0, 0.1) is 20.8 Å². The molecule has 0 spiro atoms. The summed E-state index contributed by atoms with van der Waals surface area (Å²) in [6.45, 7) is 25.9. The highest BCUT2D eigenvalue weighted by Crippen LogP contribution is 2.27. The van der Waals surface area contributed by atoms with Gasteiger partial charge in [-0.3, -0.25) is 0 Å². The Morgan fingerprint density at radius 1 is 0.667 bits per heavy atom. The summed E-state index contributed by atoms with van der Waals surface area (Å²) >= 11 is 5.29. The van der Waals surface area contributed by atoms with Gasteiger partial charge in [0.2, 0.25) is 0 Å². The van der Waals surface area contributed by atoms with Crippen LogP contribution in [0.25, 0.3) is 0 Å². The van der Waals surface area contributed by atoms with E-state index in [4.69, 9.17) is 0 Å². The quantitative estimate of drug-likeness (QED) is 0.335. The van der Waals surface area contributed by atoms with Gasteiger partial charge in [-0.05, 0) is 26.2 Å². The Morgan fingerprint density at radius 3 is 1.47 bits per heavy atom.